The second kappa shape index (κ2) is 10.9. The minimum Gasteiger partial charge on any atom is -0.497 e. The highest BCUT2D eigenvalue weighted by atomic mass is 32.2. The number of anilines is 5. The Morgan fingerprint density at radius 3 is 2.42 bits per heavy atom. The van der Waals surface area contributed by atoms with E-state index in [9.17, 15) is 8.42 Å². The predicted molar refractivity (Wildman–Crippen MR) is 161 cm³/mol. The highest BCUT2D eigenvalue weighted by molar-refractivity contribution is 7.90. The van der Waals surface area contributed by atoms with Gasteiger partial charge in [0.2, 0.25) is 11.9 Å². The third-order valence-electron chi connectivity index (χ3n) is 6.84. The van der Waals surface area contributed by atoms with Crippen molar-refractivity contribution in [2.24, 2.45) is 7.05 Å². The quantitative estimate of drug-likeness (QED) is 0.210. The van der Waals surface area contributed by atoms with Gasteiger partial charge in [-0.1, -0.05) is 12.1 Å². The topological polar surface area (TPSA) is 123 Å². The summed E-state index contributed by atoms with van der Waals surface area (Å²) in [5, 5.41) is 9.24. The van der Waals surface area contributed by atoms with Crippen molar-refractivity contribution in [2.45, 2.75) is 12.2 Å². The molecule has 0 spiro atoms. The van der Waals surface area contributed by atoms with Crippen molar-refractivity contribution >= 4 is 49.8 Å². The molecule has 5 rings (SSSR count). The molecule has 0 bridgehead atoms. The molecule has 40 heavy (non-hydrogen) atoms. The van der Waals surface area contributed by atoms with Gasteiger partial charge in [-0.05, 0) is 67.1 Å². The number of nitrogens with zero attached hydrogens (tertiary/aromatic N) is 4. The highest BCUT2D eigenvalue weighted by Crippen LogP contribution is 2.36. The van der Waals surface area contributed by atoms with Gasteiger partial charge in [0, 0.05) is 43.6 Å². The Morgan fingerprint density at radius 2 is 1.73 bits per heavy atom. The van der Waals surface area contributed by atoms with E-state index in [1.807, 2.05) is 73.3 Å². The van der Waals surface area contributed by atoms with Crippen LogP contribution < -0.4 is 20.7 Å². The lowest BCUT2D eigenvalue weighted by atomic mass is 10.1. The summed E-state index contributed by atoms with van der Waals surface area (Å²) in [4.78, 5) is 14.1. The zero-order valence-electron chi connectivity index (χ0n) is 22.9. The Morgan fingerprint density at radius 1 is 0.950 bits per heavy atom. The van der Waals surface area contributed by atoms with Crippen LogP contribution in [0.2, 0.25) is 0 Å². The van der Waals surface area contributed by atoms with Gasteiger partial charge >= 0.3 is 0 Å². The maximum absolute atomic E-state index is 12.1. The number of imidazole rings is 1. The molecule has 2 aromatic heterocycles. The van der Waals surface area contributed by atoms with Gasteiger partial charge in [0.15, 0.2) is 9.84 Å². The first-order valence-electron chi connectivity index (χ1n) is 12.7. The van der Waals surface area contributed by atoms with E-state index in [0.29, 0.717) is 28.8 Å². The lowest BCUT2D eigenvalue weighted by molar-refractivity contribution is 0.415. The van der Waals surface area contributed by atoms with Crippen LogP contribution in [0.4, 0.5) is 29.0 Å². The molecule has 0 radical (unpaired) electrons. The molecule has 206 valence electrons. The summed E-state index contributed by atoms with van der Waals surface area (Å²) in [6.45, 7) is 1.68. The molecule has 0 fully saturated rings. The van der Waals surface area contributed by atoms with Crippen molar-refractivity contribution in [3.63, 3.8) is 0 Å². The van der Waals surface area contributed by atoms with Gasteiger partial charge in [-0.2, -0.15) is 0 Å². The predicted octanol–water partition coefficient (Wildman–Crippen LogP) is 5.67. The molecular weight excluding hydrogens is 526 g/mol. The first-order valence-corrected chi connectivity index (χ1v) is 14.6. The Bertz CT molecular complexity index is 1780. The van der Waals surface area contributed by atoms with Crippen molar-refractivity contribution in [1.82, 2.24) is 19.5 Å². The van der Waals surface area contributed by atoms with Crippen molar-refractivity contribution in [1.29, 1.82) is 0 Å². The summed E-state index contributed by atoms with van der Waals surface area (Å²) in [5.41, 5.74) is 6.37. The zero-order valence-corrected chi connectivity index (χ0v) is 23.7. The van der Waals surface area contributed by atoms with Crippen molar-refractivity contribution < 1.29 is 13.2 Å². The fourth-order valence-electron chi connectivity index (χ4n) is 4.45. The van der Waals surface area contributed by atoms with Crippen LogP contribution >= 0.6 is 0 Å². The maximum Gasteiger partial charge on any atom is 0.227 e. The minimum absolute atomic E-state index is 0.383. The van der Waals surface area contributed by atoms with Crippen LogP contribution in [0.3, 0.4) is 0 Å². The molecule has 2 heterocycles. The van der Waals surface area contributed by atoms with Gasteiger partial charge in [-0.3, -0.25) is 0 Å². The number of fused-ring (bicyclic) bond motifs is 1. The van der Waals surface area contributed by atoms with E-state index in [1.54, 1.807) is 32.4 Å². The van der Waals surface area contributed by atoms with E-state index < -0.39 is 15.1 Å². The number of aromatic nitrogens is 4. The van der Waals surface area contributed by atoms with E-state index in [2.05, 4.69) is 20.9 Å². The van der Waals surface area contributed by atoms with E-state index in [1.165, 1.54) is 6.26 Å². The summed E-state index contributed by atoms with van der Waals surface area (Å²) in [7, 11) is 2.23. The number of aryl methyl sites for hydroxylation is 1. The molecule has 11 heteroatoms. The number of methoxy groups -OCH3 is 1. The summed E-state index contributed by atoms with van der Waals surface area (Å²) in [6, 6.07) is 20.8. The van der Waals surface area contributed by atoms with Gasteiger partial charge in [0.05, 0.1) is 29.1 Å². The van der Waals surface area contributed by atoms with Crippen LogP contribution in [0, 0.1) is 0 Å². The lowest BCUT2D eigenvalue weighted by Crippen LogP contribution is -2.08. The summed E-state index contributed by atoms with van der Waals surface area (Å²) >= 11 is 0. The fourth-order valence-corrected chi connectivity index (χ4v) is 5.09. The third-order valence-corrected chi connectivity index (χ3v) is 8.39. The molecule has 5 aromatic rings. The summed E-state index contributed by atoms with van der Waals surface area (Å²) in [6.07, 6.45) is 2.92. The second-order valence-corrected chi connectivity index (χ2v) is 11.8. The van der Waals surface area contributed by atoms with Crippen molar-refractivity contribution in [2.75, 3.05) is 36.4 Å². The van der Waals surface area contributed by atoms with Gasteiger partial charge in [0.25, 0.3) is 0 Å². The van der Waals surface area contributed by atoms with E-state index in [0.717, 1.165) is 33.7 Å². The lowest BCUT2D eigenvalue weighted by Gasteiger charge is -2.13. The summed E-state index contributed by atoms with van der Waals surface area (Å²) in [5.74, 6) is 1.84. The van der Waals surface area contributed by atoms with Gasteiger partial charge in [-0.15, -0.1) is 0 Å². The number of ether oxygens (including phenoxy) is 1. The normalized spacial score (nSPS) is 12.2. The van der Waals surface area contributed by atoms with E-state index >= 15 is 0 Å². The third kappa shape index (κ3) is 5.41. The monoisotopic (exact) mass is 557 g/mol. The fraction of sp³-hybridized carbons (Fsp3) is 0.207. The first kappa shape index (κ1) is 26.9. The maximum atomic E-state index is 12.1. The Balaban J connectivity index is 1.51. The van der Waals surface area contributed by atoms with Crippen LogP contribution in [0.5, 0.6) is 5.75 Å². The Kier molecular flexibility index (Phi) is 7.31. The molecule has 0 aliphatic heterocycles. The zero-order chi connectivity index (χ0) is 28.4. The molecule has 0 saturated heterocycles. The second-order valence-electron chi connectivity index (χ2n) is 9.44. The van der Waals surface area contributed by atoms with Gasteiger partial charge in [0.1, 0.15) is 11.3 Å². The number of hydrogen-bond donors (Lipinski definition) is 3. The average molecular weight is 558 g/mol. The van der Waals surface area contributed by atoms with Gasteiger partial charge in [-0.25, -0.2) is 23.4 Å². The molecule has 3 N–H and O–H groups in total. The van der Waals surface area contributed by atoms with Crippen LogP contribution in [0.25, 0.3) is 22.3 Å². The van der Waals surface area contributed by atoms with E-state index in [4.69, 9.17) is 14.7 Å². The molecule has 0 amide bonds. The van der Waals surface area contributed by atoms with Crippen LogP contribution in [0.1, 0.15) is 17.7 Å². The van der Waals surface area contributed by atoms with E-state index in [-0.39, 0.29) is 0 Å². The molecule has 1 unspecified atom stereocenters. The molecule has 1 atom stereocenters. The first-order chi connectivity index (χ1) is 19.2. The van der Waals surface area contributed by atoms with Crippen LogP contribution in [-0.2, 0) is 16.9 Å². The molecule has 3 aromatic carbocycles. The molecular formula is C29H31N7O3S. The number of hydrogen-bond acceptors (Lipinski definition) is 9. The number of rotatable bonds is 9. The molecule has 0 aliphatic carbocycles. The standard InChI is InChI=1S/C29H31N7O3S/c1-18(40(5,37)38)19-7-6-8-21(17-19)32-28-31-16-15-24(34-28)26-23(30-2)13-14-25-27(26)35-29(36(25)3)33-20-9-11-22(39-4)12-10-20/h6-18,30H,1-5H3,(H,33,35)(H,31,32,34). The number of benzene rings is 3. The SMILES string of the molecule is CNc1ccc2c(nc(Nc3ccc(OC)cc3)n2C)c1-c1ccnc(Nc2cccc(C(C)S(C)(=O)=O)c2)n1. The van der Waals surface area contributed by atoms with Crippen molar-refractivity contribution in [3.8, 4) is 17.0 Å². The average Bonchev–Trinajstić information content (AvgIpc) is 3.26. The number of nitrogens with one attached hydrogen (secondary N) is 3. The summed E-state index contributed by atoms with van der Waals surface area (Å²) < 4.78 is 31.4. The Hall–Kier alpha value is -4.64. The number of sulfone groups is 1. The van der Waals surface area contributed by atoms with Crippen LogP contribution in [-0.4, -0.2) is 48.4 Å². The largest absolute Gasteiger partial charge is 0.497 e. The van der Waals surface area contributed by atoms with Gasteiger partial charge < -0.3 is 25.3 Å². The van der Waals surface area contributed by atoms with Crippen LogP contribution in [0.15, 0.2) is 72.9 Å². The van der Waals surface area contributed by atoms with Crippen molar-refractivity contribution in [3.05, 3.63) is 78.5 Å². The highest BCUT2D eigenvalue weighted by Gasteiger charge is 2.19. The molecule has 0 aliphatic rings. The molecule has 0 saturated carbocycles. The minimum atomic E-state index is -3.23. The molecule has 10 nitrogen and oxygen atoms in total. The Labute approximate surface area is 233 Å². The smallest absolute Gasteiger partial charge is 0.227 e.